The molecule has 12 rings (SSSR count). The number of hydrogen-bond acceptors (Lipinski definition) is 7. The van der Waals surface area contributed by atoms with Gasteiger partial charge in [-0.2, -0.15) is 0 Å². The molecule has 59 heavy (non-hydrogen) atoms. The lowest BCUT2D eigenvalue weighted by Gasteiger charge is -2.15. The number of carbonyl (C=O) groups excluding carboxylic acids is 1. The summed E-state index contributed by atoms with van der Waals surface area (Å²) in [6.07, 6.45) is 6.17. The minimum absolute atomic E-state index is 0.221. The van der Waals surface area contributed by atoms with Crippen LogP contribution in [0.1, 0.15) is 94.3 Å². The van der Waals surface area contributed by atoms with Crippen molar-refractivity contribution in [3.05, 3.63) is 113 Å². The number of ether oxygens (including phenoxy) is 4. The third-order valence-corrected chi connectivity index (χ3v) is 13.9. The quantitative estimate of drug-likeness (QED) is 0.160. The van der Waals surface area contributed by atoms with Gasteiger partial charge in [0.15, 0.2) is 23.0 Å². The molecule has 6 aliphatic rings. The van der Waals surface area contributed by atoms with Crippen LogP contribution in [0.15, 0.2) is 84.9 Å². The van der Waals surface area contributed by atoms with Gasteiger partial charge in [0.1, 0.15) is 5.78 Å². The number of rotatable bonds is 6. The number of hydrogen-bond donors (Lipinski definition) is 2. The number of anilines is 1. The van der Waals surface area contributed by atoms with Gasteiger partial charge in [-0.1, -0.05) is 45.9 Å². The average Bonchev–Trinajstić information content (AvgIpc) is 3.81. The fourth-order valence-electron chi connectivity index (χ4n) is 9.71. The predicted octanol–water partition coefficient (Wildman–Crippen LogP) is 9.33. The zero-order valence-electron chi connectivity index (χ0n) is 34.2. The highest BCUT2D eigenvalue weighted by atomic mass is 16.7. The smallest absolute Gasteiger partial charge is 0.314 e. The van der Waals surface area contributed by atoms with E-state index in [0.717, 1.165) is 59.8 Å². The average molecular weight is 794 g/mol. The second kappa shape index (κ2) is 13.3. The number of nitrogen functional groups attached to an aromatic ring is 1. The molecule has 2 saturated carbocycles. The maximum atomic E-state index is 13.3. The van der Waals surface area contributed by atoms with Gasteiger partial charge >= 0.3 is 5.97 Å². The molecule has 0 bridgehead atoms. The lowest BCUT2D eigenvalue weighted by molar-refractivity contribution is -0.140. The lowest BCUT2D eigenvalue weighted by atomic mass is 9.87. The summed E-state index contributed by atoms with van der Waals surface area (Å²) in [5.74, 6) is 2.44. The number of aromatic nitrogens is 2. The van der Waals surface area contributed by atoms with Crippen LogP contribution in [-0.2, 0) is 50.8 Å². The van der Waals surface area contributed by atoms with Crippen LogP contribution in [0.3, 0.4) is 0 Å². The van der Waals surface area contributed by atoms with Gasteiger partial charge in [-0.25, -0.2) is 0 Å². The second-order valence-electron chi connectivity index (χ2n) is 18.5. The molecule has 304 valence electrons. The first-order valence-electron chi connectivity index (χ1n) is 20.9. The van der Waals surface area contributed by atoms with Gasteiger partial charge in [0.2, 0.25) is 13.6 Å². The summed E-state index contributed by atoms with van der Waals surface area (Å²) in [6, 6.07) is 28.7. The standard InChI is InChI=1S/C25H25NO3.C13H16N2.C11H10O4/c1-24(2)9-10-26-19-5-3-16(11-17(19)13-22(24)26)12-23(27)25(7-8-25)18-4-6-20-21(14-18)29-15-28-20;1-13(2)5-6-15-11-4-3-10(14)7-9(11)8-12(13)15;12-10(13)11(3-4-11)7-1-2-8-9(5-7)15-6-14-8/h3-6,11,13-14H,7-10,12,15H2,1-2H3;3-4,7-8H,5-6,14H2,1-2H3;1-2,5H,3-4,6H2,(H,12,13). The Morgan fingerprint density at radius 1 is 0.593 bits per heavy atom. The number of Topliss-reactive ketones (excluding diaryl/α,β-unsaturated/α-hetero) is 1. The van der Waals surface area contributed by atoms with Gasteiger partial charge in [0.05, 0.1) is 10.8 Å². The van der Waals surface area contributed by atoms with Gasteiger partial charge in [0, 0.05) is 69.2 Å². The highest BCUT2D eigenvalue weighted by Crippen LogP contribution is 2.52. The number of benzene rings is 4. The number of carboxylic acid groups (broad SMARTS) is 1. The van der Waals surface area contributed by atoms with Crippen LogP contribution in [-0.4, -0.2) is 39.6 Å². The summed E-state index contributed by atoms with van der Waals surface area (Å²) < 4.78 is 26.2. The van der Waals surface area contributed by atoms with Crippen molar-refractivity contribution in [2.45, 2.75) is 107 Å². The Labute approximate surface area is 343 Å². The molecule has 0 saturated heterocycles. The number of ketones is 1. The van der Waals surface area contributed by atoms with Crippen LogP contribution in [0.2, 0.25) is 0 Å². The summed E-state index contributed by atoms with van der Waals surface area (Å²) in [6.45, 7) is 12.0. The number of aliphatic carboxylic acids is 1. The first kappa shape index (κ1) is 37.4. The van der Waals surface area contributed by atoms with Crippen molar-refractivity contribution in [2.75, 3.05) is 19.3 Å². The Morgan fingerprint density at radius 3 is 1.61 bits per heavy atom. The monoisotopic (exact) mass is 793 g/mol. The first-order valence-corrected chi connectivity index (χ1v) is 20.9. The van der Waals surface area contributed by atoms with Crippen molar-refractivity contribution in [3.8, 4) is 23.0 Å². The molecule has 0 atom stereocenters. The number of nitrogens with two attached hydrogens (primary N) is 1. The molecule has 2 aliphatic carbocycles. The topological polar surface area (TPSA) is 127 Å². The van der Waals surface area contributed by atoms with Crippen LogP contribution in [0.25, 0.3) is 21.8 Å². The third kappa shape index (κ3) is 6.30. The molecule has 0 spiro atoms. The zero-order chi connectivity index (χ0) is 40.9. The van der Waals surface area contributed by atoms with Crippen molar-refractivity contribution in [2.24, 2.45) is 0 Å². The van der Waals surface area contributed by atoms with E-state index in [0.29, 0.717) is 42.0 Å². The Bertz CT molecular complexity index is 2690. The van der Waals surface area contributed by atoms with Crippen LogP contribution in [0.4, 0.5) is 5.69 Å². The molecule has 6 aromatic rings. The SMILES string of the molecule is CC1(C)CCn2c1cc1cc(CC(=O)C3(c4ccc5c(c4)OCO5)CC3)ccc12.CC1(C)CCn2c1cc1cc(N)ccc12.O=C(O)C1(c2ccc3c(c2)OCO3)CC1. The summed E-state index contributed by atoms with van der Waals surface area (Å²) >= 11 is 0. The molecule has 10 heteroatoms. The van der Waals surface area contributed by atoms with E-state index in [9.17, 15) is 9.59 Å². The molecule has 4 aromatic carbocycles. The molecule has 0 amide bonds. The fourth-order valence-corrected chi connectivity index (χ4v) is 9.71. The summed E-state index contributed by atoms with van der Waals surface area (Å²) in [5, 5.41) is 11.7. The fraction of sp³-hybridized carbons (Fsp3) is 0.388. The Hall–Kier alpha value is -5.90. The zero-order valence-corrected chi connectivity index (χ0v) is 34.2. The van der Waals surface area contributed by atoms with Gasteiger partial charge in [-0.05, 0) is 122 Å². The van der Waals surface area contributed by atoms with Gasteiger partial charge in [0.25, 0.3) is 0 Å². The minimum atomic E-state index is -0.749. The normalized spacial score (nSPS) is 19.6. The van der Waals surface area contributed by atoms with Crippen molar-refractivity contribution in [1.29, 1.82) is 0 Å². The molecule has 0 unspecified atom stereocenters. The molecule has 4 aliphatic heterocycles. The number of fused-ring (bicyclic) bond motifs is 8. The van der Waals surface area contributed by atoms with E-state index in [1.165, 1.54) is 46.0 Å². The number of carbonyl (C=O) groups is 2. The van der Waals surface area contributed by atoms with E-state index in [4.69, 9.17) is 29.8 Å². The van der Waals surface area contributed by atoms with Gasteiger partial charge < -0.3 is 38.9 Å². The largest absolute Gasteiger partial charge is 0.481 e. The predicted molar refractivity (Wildman–Crippen MR) is 227 cm³/mol. The Morgan fingerprint density at radius 2 is 1.08 bits per heavy atom. The molecule has 2 fully saturated rings. The Kier molecular flexibility index (Phi) is 8.43. The number of nitrogens with zero attached hydrogens (tertiary/aromatic N) is 2. The molecule has 0 radical (unpaired) electrons. The number of carboxylic acids is 1. The molecular weight excluding hydrogens is 743 g/mol. The summed E-state index contributed by atoms with van der Waals surface area (Å²) in [5.41, 5.74) is 14.6. The maximum Gasteiger partial charge on any atom is 0.314 e. The van der Waals surface area contributed by atoms with Crippen LogP contribution < -0.4 is 24.7 Å². The maximum absolute atomic E-state index is 13.3. The van der Waals surface area contributed by atoms with Crippen LogP contribution in [0, 0.1) is 0 Å². The van der Waals surface area contributed by atoms with Crippen molar-refractivity contribution < 1.29 is 33.6 Å². The highest BCUT2D eigenvalue weighted by Gasteiger charge is 2.52. The van der Waals surface area contributed by atoms with E-state index in [-0.39, 0.29) is 24.4 Å². The molecule has 10 nitrogen and oxygen atoms in total. The number of aryl methyl sites for hydroxylation is 2. The van der Waals surface area contributed by atoms with Gasteiger partial charge in [-0.3, -0.25) is 9.59 Å². The third-order valence-electron chi connectivity index (χ3n) is 13.9. The lowest BCUT2D eigenvalue weighted by Crippen LogP contribution is -2.22. The molecule has 6 heterocycles. The van der Waals surface area contributed by atoms with E-state index in [1.807, 2.05) is 30.3 Å². The highest BCUT2D eigenvalue weighted by molar-refractivity contribution is 5.95. The first-order chi connectivity index (χ1) is 28.3. The summed E-state index contributed by atoms with van der Waals surface area (Å²) in [7, 11) is 0. The van der Waals surface area contributed by atoms with Crippen molar-refractivity contribution in [3.63, 3.8) is 0 Å². The van der Waals surface area contributed by atoms with Gasteiger partial charge in [-0.15, -0.1) is 0 Å². The van der Waals surface area contributed by atoms with E-state index < -0.39 is 11.4 Å². The molecule has 2 aromatic heterocycles. The Balaban J connectivity index is 0.000000118. The minimum Gasteiger partial charge on any atom is -0.481 e. The van der Waals surface area contributed by atoms with E-state index in [1.54, 1.807) is 12.1 Å². The van der Waals surface area contributed by atoms with Crippen LogP contribution in [0.5, 0.6) is 23.0 Å². The van der Waals surface area contributed by atoms with Crippen LogP contribution >= 0.6 is 0 Å². The van der Waals surface area contributed by atoms with Crippen molar-refractivity contribution >= 4 is 39.2 Å². The van der Waals surface area contributed by atoms with Crippen molar-refractivity contribution in [1.82, 2.24) is 9.13 Å². The van der Waals surface area contributed by atoms with E-state index >= 15 is 0 Å². The molecule has 3 N–H and O–H groups in total. The second-order valence-corrected chi connectivity index (χ2v) is 18.5. The molecular formula is C49H51N3O7. The summed E-state index contributed by atoms with van der Waals surface area (Å²) in [4.78, 5) is 24.4. The van der Waals surface area contributed by atoms with E-state index in [2.05, 4.69) is 79.3 Å².